The first-order valence-electron chi connectivity index (χ1n) is 6.96. The molecule has 0 saturated carbocycles. The quantitative estimate of drug-likeness (QED) is 0.348. The molecule has 1 atom stereocenters. The number of nitrogens with two attached hydrogens (primary N) is 1. The standard InChI is InChI=1S/C15H25N3O2/c1-5-11(3)18(6-2)10-12-7-8-13(15(16)17-19)14(9-12)20-4/h7-9,11,19H,5-6,10H2,1-4H3,(H2,16,17). The summed E-state index contributed by atoms with van der Waals surface area (Å²) in [6.07, 6.45) is 1.12. The minimum absolute atomic E-state index is 0.0580. The van der Waals surface area contributed by atoms with Crippen molar-refractivity contribution in [3.63, 3.8) is 0 Å². The van der Waals surface area contributed by atoms with Gasteiger partial charge in [0.15, 0.2) is 5.84 Å². The van der Waals surface area contributed by atoms with Crippen LogP contribution in [0.4, 0.5) is 0 Å². The maximum Gasteiger partial charge on any atom is 0.173 e. The van der Waals surface area contributed by atoms with Crippen molar-refractivity contribution < 1.29 is 9.94 Å². The highest BCUT2D eigenvalue weighted by molar-refractivity contribution is 5.99. The monoisotopic (exact) mass is 279 g/mol. The van der Waals surface area contributed by atoms with Crippen LogP contribution in [0.15, 0.2) is 23.4 Å². The first-order chi connectivity index (χ1) is 9.57. The first kappa shape index (κ1) is 16.3. The fourth-order valence-electron chi connectivity index (χ4n) is 2.17. The minimum Gasteiger partial charge on any atom is -0.496 e. The number of benzene rings is 1. The molecular formula is C15H25N3O2. The van der Waals surface area contributed by atoms with Gasteiger partial charge in [0.1, 0.15) is 5.75 Å². The van der Waals surface area contributed by atoms with Gasteiger partial charge in [0.2, 0.25) is 0 Å². The van der Waals surface area contributed by atoms with Gasteiger partial charge in [0.05, 0.1) is 12.7 Å². The van der Waals surface area contributed by atoms with E-state index in [4.69, 9.17) is 15.7 Å². The molecule has 0 aliphatic heterocycles. The number of hydrogen-bond donors (Lipinski definition) is 2. The fraction of sp³-hybridized carbons (Fsp3) is 0.533. The Balaban J connectivity index is 2.98. The molecule has 0 aliphatic rings. The molecule has 0 amide bonds. The molecule has 20 heavy (non-hydrogen) atoms. The van der Waals surface area contributed by atoms with E-state index in [1.54, 1.807) is 7.11 Å². The van der Waals surface area contributed by atoms with E-state index in [0.717, 1.165) is 25.1 Å². The third kappa shape index (κ3) is 3.87. The molecule has 0 heterocycles. The Bertz CT molecular complexity index is 460. The van der Waals surface area contributed by atoms with Gasteiger partial charge in [-0.05, 0) is 37.6 Å². The summed E-state index contributed by atoms with van der Waals surface area (Å²) in [5, 5.41) is 11.8. The highest BCUT2D eigenvalue weighted by Gasteiger charge is 2.13. The van der Waals surface area contributed by atoms with E-state index in [-0.39, 0.29) is 5.84 Å². The van der Waals surface area contributed by atoms with Crippen LogP contribution in [-0.2, 0) is 6.54 Å². The maximum absolute atomic E-state index is 8.76. The number of nitrogens with zero attached hydrogens (tertiary/aromatic N) is 2. The number of oxime groups is 1. The summed E-state index contributed by atoms with van der Waals surface area (Å²) in [6.45, 7) is 8.44. The van der Waals surface area contributed by atoms with Crippen LogP contribution in [0.1, 0.15) is 38.3 Å². The Morgan fingerprint density at radius 1 is 1.45 bits per heavy atom. The Labute approximate surface area is 121 Å². The smallest absolute Gasteiger partial charge is 0.173 e. The van der Waals surface area contributed by atoms with Crippen LogP contribution in [0.3, 0.4) is 0 Å². The molecule has 5 heteroatoms. The van der Waals surface area contributed by atoms with Crippen molar-refractivity contribution in [2.45, 2.75) is 39.8 Å². The van der Waals surface area contributed by atoms with Crippen molar-refractivity contribution in [2.24, 2.45) is 10.9 Å². The van der Waals surface area contributed by atoms with Crippen molar-refractivity contribution in [1.82, 2.24) is 4.90 Å². The lowest BCUT2D eigenvalue weighted by atomic mass is 10.1. The normalized spacial score (nSPS) is 13.6. The van der Waals surface area contributed by atoms with Gasteiger partial charge in [-0.15, -0.1) is 0 Å². The molecule has 5 nitrogen and oxygen atoms in total. The van der Waals surface area contributed by atoms with E-state index in [9.17, 15) is 0 Å². The third-order valence-electron chi connectivity index (χ3n) is 3.66. The van der Waals surface area contributed by atoms with Crippen molar-refractivity contribution in [3.05, 3.63) is 29.3 Å². The van der Waals surface area contributed by atoms with Gasteiger partial charge in [-0.1, -0.05) is 25.1 Å². The Morgan fingerprint density at radius 2 is 2.15 bits per heavy atom. The lowest BCUT2D eigenvalue weighted by molar-refractivity contribution is 0.206. The van der Waals surface area contributed by atoms with Crippen LogP contribution in [0.25, 0.3) is 0 Å². The Hall–Kier alpha value is -1.75. The van der Waals surface area contributed by atoms with Crippen LogP contribution in [0.2, 0.25) is 0 Å². The minimum atomic E-state index is 0.0580. The van der Waals surface area contributed by atoms with Crippen LogP contribution in [0, 0.1) is 0 Å². The predicted molar refractivity (Wildman–Crippen MR) is 81.3 cm³/mol. The van der Waals surface area contributed by atoms with E-state index in [1.165, 1.54) is 0 Å². The summed E-state index contributed by atoms with van der Waals surface area (Å²) in [6, 6.07) is 6.29. The van der Waals surface area contributed by atoms with Crippen LogP contribution in [-0.4, -0.2) is 35.6 Å². The molecule has 0 spiro atoms. The molecule has 0 radical (unpaired) electrons. The second-order valence-corrected chi connectivity index (χ2v) is 4.84. The number of amidine groups is 1. The highest BCUT2D eigenvalue weighted by Crippen LogP contribution is 2.21. The fourth-order valence-corrected chi connectivity index (χ4v) is 2.17. The third-order valence-corrected chi connectivity index (χ3v) is 3.66. The maximum atomic E-state index is 8.76. The summed E-state index contributed by atoms with van der Waals surface area (Å²) in [5.41, 5.74) is 7.38. The summed E-state index contributed by atoms with van der Waals surface area (Å²) >= 11 is 0. The van der Waals surface area contributed by atoms with E-state index in [1.807, 2.05) is 18.2 Å². The van der Waals surface area contributed by atoms with Gasteiger partial charge in [0.25, 0.3) is 0 Å². The van der Waals surface area contributed by atoms with Gasteiger partial charge in [-0.3, -0.25) is 4.90 Å². The SMILES string of the molecule is CCC(C)N(CC)Cc1ccc(/C(N)=N/O)c(OC)c1. The molecule has 1 aromatic rings. The van der Waals surface area contributed by atoms with Crippen LogP contribution in [0.5, 0.6) is 5.75 Å². The molecule has 112 valence electrons. The number of rotatable bonds is 7. The molecule has 0 bridgehead atoms. The molecule has 0 aliphatic carbocycles. The van der Waals surface area contributed by atoms with Crippen molar-refractivity contribution in [3.8, 4) is 5.75 Å². The van der Waals surface area contributed by atoms with E-state index >= 15 is 0 Å². The van der Waals surface area contributed by atoms with Gasteiger partial charge in [-0.2, -0.15) is 0 Å². The van der Waals surface area contributed by atoms with Crippen molar-refractivity contribution in [1.29, 1.82) is 0 Å². The highest BCUT2D eigenvalue weighted by atomic mass is 16.5. The van der Waals surface area contributed by atoms with Gasteiger partial charge in [-0.25, -0.2) is 0 Å². The molecule has 3 N–H and O–H groups in total. The number of ether oxygens (including phenoxy) is 1. The second-order valence-electron chi connectivity index (χ2n) is 4.84. The Kier molecular flexibility index (Phi) is 6.31. The summed E-state index contributed by atoms with van der Waals surface area (Å²) in [5.74, 6) is 0.681. The zero-order valence-corrected chi connectivity index (χ0v) is 12.8. The average Bonchev–Trinajstić information content (AvgIpc) is 2.50. The molecule has 0 saturated heterocycles. The van der Waals surface area contributed by atoms with Gasteiger partial charge >= 0.3 is 0 Å². The predicted octanol–water partition coefficient (Wildman–Crippen LogP) is 2.41. The topological polar surface area (TPSA) is 71.1 Å². The molecular weight excluding hydrogens is 254 g/mol. The van der Waals surface area contributed by atoms with Crippen molar-refractivity contribution >= 4 is 5.84 Å². The summed E-state index contributed by atoms with van der Waals surface area (Å²) in [4.78, 5) is 2.40. The second kappa shape index (κ2) is 7.75. The zero-order valence-electron chi connectivity index (χ0n) is 12.8. The number of hydrogen-bond acceptors (Lipinski definition) is 4. The first-order valence-corrected chi connectivity index (χ1v) is 6.96. The lowest BCUT2D eigenvalue weighted by Crippen LogP contribution is -2.31. The Morgan fingerprint density at radius 3 is 2.65 bits per heavy atom. The van der Waals surface area contributed by atoms with Crippen molar-refractivity contribution in [2.75, 3.05) is 13.7 Å². The molecule has 0 fully saturated rings. The summed E-state index contributed by atoms with van der Waals surface area (Å²) in [7, 11) is 1.58. The summed E-state index contributed by atoms with van der Waals surface area (Å²) < 4.78 is 5.32. The molecule has 0 aromatic heterocycles. The molecule has 1 unspecified atom stereocenters. The van der Waals surface area contributed by atoms with Gasteiger partial charge < -0.3 is 15.7 Å². The largest absolute Gasteiger partial charge is 0.496 e. The lowest BCUT2D eigenvalue weighted by Gasteiger charge is -2.27. The van der Waals surface area contributed by atoms with E-state index in [2.05, 4.69) is 30.8 Å². The van der Waals surface area contributed by atoms with E-state index < -0.39 is 0 Å². The van der Waals surface area contributed by atoms with Gasteiger partial charge in [0, 0.05) is 12.6 Å². The molecule has 1 aromatic carbocycles. The zero-order chi connectivity index (χ0) is 15.1. The molecule has 1 rings (SSSR count). The van der Waals surface area contributed by atoms with Crippen LogP contribution >= 0.6 is 0 Å². The number of methoxy groups -OCH3 is 1. The van der Waals surface area contributed by atoms with E-state index in [0.29, 0.717) is 17.4 Å². The van der Waals surface area contributed by atoms with Crippen LogP contribution < -0.4 is 10.5 Å². The average molecular weight is 279 g/mol.